The number of hydrogen-bond acceptors (Lipinski definition) is 5. The van der Waals surface area contributed by atoms with Crippen LogP contribution in [-0.4, -0.2) is 30.8 Å². The number of hydrogen-bond donors (Lipinski definition) is 2. The predicted molar refractivity (Wildman–Crippen MR) is 129 cm³/mol. The summed E-state index contributed by atoms with van der Waals surface area (Å²) in [5.74, 6) is 0.788. The van der Waals surface area contributed by atoms with Gasteiger partial charge >= 0.3 is 0 Å². The molecule has 0 aliphatic carbocycles. The number of amides is 2. The molecular weight excluding hydrogens is 448 g/mol. The monoisotopic (exact) mass is 470 g/mol. The summed E-state index contributed by atoms with van der Waals surface area (Å²) in [5.41, 5.74) is 1.25. The van der Waals surface area contributed by atoms with Gasteiger partial charge in [-0.3, -0.25) is 9.59 Å². The fourth-order valence-corrected chi connectivity index (χ4v) is 3.85. The van der Waals surface area contributed by atoms with Gasteiger partial charge in [-0.25, -0.2) is 0 Å². The van der Waals surface area contributed by atoms with E-state index in [0.29, 0.717) is 27.9 Å². The van der Waals surface area contributed by atoms with Crippen molar-refractivity contribution in [2.75, 3.05) is 24.4 Å². The molecule has 2 amide bonds. The van der Waals surface area contributed by atoms with E-state index in [4.69, 9.17) is 21.1 Å². The van der Waals surface area contributed by atoms with Crippen LogP contribution in [0.25, 0.3) is 0 Å². The van der Waals surface area contributed by atoms with Gasteiger partial charge in [-0.15, -0.1) is 11.8 Å². The quantitative estimate of drug-likeness (QED) is 0.404. The highest BCUT2D eigenvalue weighted by Gasteiger charge is 2.15. The van der Waals surface area contributed by atoms with Crippen molar-refractivity contribution in [1.82, 2.24) is 0 Å². The topological polar surface area (TPSA) is 76.7 Å². The maximum atomic E-state index is 12.5. The Morgan fingerprint density at radius 2 is 1.66 bits per heavy atom. The smallest absolute Gasteiger partial charge is 0.262 e. The largest absolute Gasteiger partial charge is 0.495 e. The van der Waals surface area contributed by atoms with Crippen LogP contribution in [0.15, 0.2) is 77.7 Å². The first-order valence-corrected chi connectivity index (χ1v) is 11.1. The average molecular weight is 471 g/mol. The SMILES string of the molecule is COc1ccc(NC(=O)C(C)Sc2ccc(NC(=O)COc3ccccc3)cc2)cc1Cl. The van der Waals surface area contributed by atoms with Crippen molar-refractivity contribution in [3.8, 4) is 11.5 Å². The number of nitrogens with one attached hydrogen (secondary N) is 2. The summed E-state index contributed by atoms with van der Waals surface area (Å²) in [6, 6.07) is 21.5. The number of carbonyl (C=O) groups is 2. The Hall–Kier alpha value is -3.16. The van der Waals surface area contributed by atoms with Crippen LogP contribution < -0.4 is 20.1 Å². The zero-order valence-corrected chi connectivity index (χ0v) is 19.2. The number of rotatable bonds is 9. The van der Waals surface area contributed by atoms with Crippen LogP contribution in [0.2, 0.25) is 5.02 Å². The summed E-state index contributed by atoms with van der Waals surface area (Å²) in [4.78, 5) is 25.5. The minimum Gasteiger partial charge on any atom is -0.495 e. The second-order valence-corrected chi connectivity index (χ2v) is 8.59. The first-order valence-electron chi connectivity index (χ1n) is 9.83. The van der Waals surface area contributed by atoms with E-state index in [1.807, 2.05) is 37.3 Å². The number of thioether (sulfide) groups is 1. The van der Waals surface area contributed by atoms with Crippen LogP contribution in [0.4, 0.5) is 11.4 Å². The molecule has 8 heteroatoms. The maximum absolute atomic E-state index is 12.5. The van der Waals surface area contributed by atoms with E-state index in [0.717, 1.165) is 4.90 Å². The molecule has 3 aromatic carbocycles. The minimum atomic E-state index is -0.337. The first kappa shape index (κ1) is 23.5. The Kier molecular flexibility index (Phi) is 8.41. The maximum Gasteiger partial charge on any atom is 0.262 e. The molecular formula is C24H23ClN2O4S. The van der Waals surface area contributed by atoms with Gasteiger partial charge < -0.3 is 20.1 Å². The Bertz CT molecular complexity index is 1060. The number of anilines is 2. The van der Waals surface area contributed by atoms with Crippen molar-refractivity contribution < 1.29 is 19.1 Å². The summed E-state index contributed by atoms with van der Waals surface area (Å²) in [6.07, 6.45) is 0. The second-order valence-electron chi connectivity index (χ2n) is 6.77. The van der Waals surface area contributed by atoms with Gasteiger partial charge in [0.15, 0.2) is 6.61 Å². The summed E-state index contributed by atoms with van der Waals surface area (Å²) < 4.78 is 10.6. The molecule has 32 heavy (non-hydrogen) atoms. The molecule has 0 spiro atoms. The lowest BCUT2D eigenvalue weighted by Gasteiger charge is -2.13. The van der Waals surface area contributed by atoms with Crippen LogP contribution in [-0.2, 0) is 9.59 Å². The van der Waals surface area contributed by atoms with Crippen LogP contribution >= 0.6 is 23.4 Å². The Morgan fingerprint density at radius 1 is 0.969 bits per heavy atom. The average Bonchev–Trinajstić information content (AvgIpc) is 2.80. The molecule has 0 aromatic heterocycles. The zero-order valence-electron chi connectivity index (χ0n) is 17.6. The molecule has 0 bridgehead atoms. The first-order chi connectivity index (χ1) is 15.4. The number of halogens is 1. The van der Waals surface area contributed by atoms with Gasteiger partial charge in [0.2, 0.25) is 5.91 Å². The summed E-state index contributed by atoms with van der Waals surface area (Å²) in [7, 11) is 1.54. The van der Waals surface area contributed by atoms with E-state index in [2.05, 4.69) is 10.6 Å². The van der Waals surface area contributed by atoms with E-state index in [1.165, 1.54) is 18.9 Å². The summed E-state index contributed by atoms with van der Waals surface area (Å²) in [6.45, 7) is 1.74. The van der Waals surface area contributed by atoms with Crippen molar-refractivity contribution >= 4 is 46.6 Å². The number of benzene rings is 3. The standard InChI is InChI=1S/C24H23ClN2O4S/c1-16(24(29)27-18-10-13-22(30-2)21(25)14-18)32-20-11-8-17(9-12-20)26-23(28)15-31-19-6-4-3-5-7-19/h3-14,16H,15H2,1-2H3,(H,26,28)(H,27,29). The van der Waals surface area contributed by atoms with E-state index in [9.17, 15) is 9.59 Å². The van der Waals surface area contributed by atoms with Crippen molar-refractivity contribution in [2.24, 2.45) is 0 Å². The number of carbonyl (C=O) groups excluding carboxylic acids is 2. The highest BCUT2D eigenvalue weighted by Crippen LogP contribution is 2.29. The third-order valence-electron chi connectivity index (χ3n) is 4.35. The van der Waals surface area contributed by atoms with Gasteiger partial charge in [-0.05, 0) is 61.5 Å². The third kappa shape index (κ3) is 6.93. The van der Waals surface area contributed by atoms with Gasteiger partial charge in [0.25, 0.3) is 5.91 Å². The van der Waals surface area contributed by atoms with Crippen molar-refractivity contribution in [2.45, 2.75) is 17.1 Å². The molecule has 166 valence electrons. The van der Waals surface area contributed by atoms with E-state index >= 15 is 0 Å². The highest BCUT2D eigenvalue weighted by molar-refractivity contribution is 8.00. The molecule has 0 saturated carbocycles. The van der Waals surface area contributed by atoms with Crippen LogP contribution in [0.3, 0.4) is 0 Å². The number of methoxy groups -OCH3 is 1. The molecule has 0 aliphatic heterocycles. The van der Waals surface area contributed by atoms with Gasteiger partial charge in [-0.2, -0.15) is 0 Å². The van der Waals surface area contributed by atoms with Gasteiger partial charge in [-0.1, -0.05) is 29.8 Å². The molecule has 0 aliphatic rings. The lowest BCUT2D eigenvalue weighted by molar-refractivity contribution is -0.118. The second kappa shape index (κ2) is 11.5. The highest BCUT2D eigenvalue weighted by atomic mass is 35.5. The molecule has 2 N–H and O–H groups in total. The van der Waals surface area contributed by atoms with Crippen LogP contribution in [0.5, 0.6) is 11.5 Å². The molecule has 3 aromatic rings. The molecule has 0 fully saturated rings. The van der Waals surface area contributed by atoms with E-state index in [-0.39, 0.29) is 23.7 Å². The third-order valence-corrected chi connectivity index (χ3v) is 5.76. The van der Waals surface area contributed by atoms with Gasteiger partial charge in [0, 0.05) is 16.3 Å². The fraction of sp³-hybridized carbons (Fsp3) is 0.167. The lowest BCUT2D eigenvalue weighted by Crippen LogP contribution is -2.22. The minimum absolute atomic E-state index is 0.0763. The zero-order chi connectivity index (χ0) is 22.9. The molecule has 1 atom stereocenters. The van der Waals surface area contributed by atoms with Gasteiger partial charge in [0.05, 0.1) is 17.4 Å². The summed E-state index contributed by atoms with van der Waals surface area (Å²) in [5, 5.41) is 5.73. The van der Waals surface area contributed by atoms with Crippen molar-refractivity contribution in [3.63, 3.8) is 0 Å². The number of ether oxygens (including phenoxy) is 2. The Labute approximate surface area is 196 Å². The van der Waals surface area contributed by atoms with Crippen molar-refractivity contribution in [3.05, 3.63) is 77.8 Å². The molecule has 0 saturated heterocycles. The Balaban J connectivity index is 1.48. The summed E-state index contributed by atoms with van der Waals surface area (Å²) >= 11 is 7.52. The molecule has 0 radical (unpaired) electrons. The normalized spacial score (nSPS) is 11.3. The van der Waals surface area contributed by atoms with E-state index < -0.39 is 0 Å². The Morgan fingerprint density at radius 3 is 2.31 bits per heavy atom. The van der Waals surface area contributed by atoms with Gasteiger partial charge in [0.1, 0.15) is 11.5 Å². The number of para-hydroxylation sites is 1. The van der Waals surface area contributed by atoms with Crippen molar-refractivity contribution in [1.29, 1.82) is 0 Å². The van der Waals surface area contributed by atoms with Crippen LogP contribution in [0, 0.1) is 0 Å². The molecule has 6 nitrogen and oxygen atoms in total. The molecule has 3 rings (SSSR count). The fourth-order valence-electron chi connectivity index (χ4n) is 2.73. The van der Waals surface area contributed by atoms with Crippen LogP contribution in [0.1, 0.15) is 6.92 Å². The van der Waals surface area contributed by atoms with E-state index in [1.54, 1.807) is 42.5 Å². The molecule has 0 heterocycles. The predicted octanol–water partition coefficient (Wildman–Crippen LogP) is 5.49. The lowest BCUT2D eigenvalue weighted by atomic mass is 10.3. The molecule has 1 unspecified atom stereocenters.